The average Bonchev–Trinajstić information content (AvgIpc) is 3.29. The van der Waals surface area contributed by atoms with Crippen LogP contribution in [-0.4, -0.2) is 19.0 Å². The van der Waals surface area contributed by atoms with Crippen molar-refractivity contribution >= 4 is 27.9 Å². The minimum Gasteiger partial charge on any atom is -0.469 e. The molecule has 2 aliphatic carbocycles. The van der Waals surface area contributed by atoms with Crippen molar-refractivity contribution in [3.8, 4) is 0 Å². The number of hydrogen-bond donors (Lipinski definition) is 0. The number of allylic oxidation sites excluding steroid dienone is 1. The highest BCUT2D eigenvalue weighted by molar-refractivity contribution is 9.10. The van der Waals surface area contributed by atoms with Crippen LogP contribution < -0.4 is 0 Å². The standard InChI is InChI=1S/C29H35BrO5/c1-19-6-13-25-28(2,15-5-16-29(25,3)27(32)33-4)23(19)12-9-20-14-17-34-24(20)18-35-26(31)21-7-10-22(30)11-8-21/h7-8,10-11,14,17,23,25H,1,5-6,9,12-13,15-16,18H2,2-4H3/t23-,25-,28-,29+/m0/s1. The van der Waals surface area contributed by atoms with Crippen molar-refractivity contribution in [2.24, 2.45) is 22.7 Å². The second-order valence-electron chi connectivity index (χ2n) is 10.6. The van der Waals surface area contributed by atoms with Crippen LogP contribution in [0, 0.1) is 22.7 Å². The van der Waals surface area contributed by atoms with E-state index in [0.717, 1.165) is 55.0 Å². The van der Waals surface area contributed by atoms with Gasteiger partial charge in [-0.25, -0.2) is 4.79 Å². The quantitative estimate of drug-likeness (QED) is 0.271. The Balaban J connectivity index is 1.44. The van der Waals surface area contributed by atoms with Crippen LogP contribution in [0.5, 0.6) is 0 Å². The van der Waals surface area contributed by atoms with Crippen LogP contribution in [0.3, 0.4) is 0 Å². The zero-order valence-electron chi connectivity index (χ0n) is 20.9. The molecule has 0 spiro atoms. The van der Waals surface area contributed by atoms with Crippen LogP contribution >= 0.6 is 15.9 Å². The first-order chi connectivity index (χ1) is 16.7. The predicted octanol–water partition coefficient (Wildman–Crippen LogP) is 7.28. The fraction of sp³-hybridized carbons (Fsp3) is 0.517. The van der Waals surface area contributed by atoms with Crippen molar-refractivity contribution in [2.45, 2.75) is 65.4 Å². The zero-order chi connectivity index (χ0) is 25.2. The molecule has 1 heterocycles. The maximum atomic E-state index is 12.8. The van der Waals surface area contributed by atoms with E-state index in [4.69, 9.17) is 13.9 Å². The molecule has 0 aliphatic heterocycles. The molecule has 6 heteroatoms. The summed E-state index contributed by atoms with van der Waals surface area (Å²) in [7, 11) is 1.50. The molecule has 0 unspecified atom stereocenters. The Hall–Kier alpha value is -2.34. The molecular formula is C29H35BrO5. The molecule has 1 aromatic heterocycles. The summed E-state index contributed by atoms with van der Waals surface area (Å²) < 4.78 is 17.4. The van der Waals surface area contributed by atoms with Crippen molar-refractivity contribution in [2.75, 3.05) is 7.11 Å². The number of aryl methyl sites for hydroxylation is 1. The van der Waals surface area contributed by atoms with Gasteiger partial charge < -0.3 is 13.9 Å². The summed E-state index contributed by atoms with van der Waals surface area (Å²) in [6.07, 6.45) is 8.32. The van der Waals surface area contributed by atoms with Crippen molar-refractivity contribution in [1.82, 2.24) is 0 Å². The van der Waals surface area contributed by atoms with E-state index in [0.29, 0.717) is 17.2 Å². The third-order valence-corrected chi connectivity index (χ3v) is 9.15. The Morgan fingerprint density at radius 3 is 2.63 bits per heavy atom. The Bertz CT molecular complexity index is 1090. The van der Waals surface area contributed by atoms with E-state index in [1.54, 1.807) is 18.4 Å². The van der Waals surface area contributed by atoms with Crippen molar-refractivity contribution in [3.05, 3.63) is 70.1 Å². The number of hydrogen-bond acceptors (Lipinski definition) is 5. The van der Waals surface area contributed by atoms with Crippen LogP contribution in [0.25, 0.3) is 0 Å². The lowest BCUT2D eigenvalue weighted by molar-refractivity contribution is -0.168. The van der Waals surface area contributed by atoms with Crippen LogP contribution in [0.15, 0.2) is 57.6 Å². The number of benzene rings is 1. The van der Waals surface area contributed by atoms with Gasteiger partial charge in [0.05, 0.1) is 24.4 Å². The Morgan fingerprint density at radius 2 is 1.91 bits per heavy atom. The molecule has 2 fully saturated rings. The Morgan fingerprint density at radius 1 is 1.17 bits per heavy atom. The van der Waals surface area contributed by atoms with Gasteiger partial charge in [-0.15, -0.1) is 0 Å². The molecule has 1 aromatic carbocycles. The van der Waals surface area contributed by atoms with E-state index in [1.165, 1.54) is 12.7 Å². The number of ether oxygens (including phenoxy) is 2. The monoisotopic (exact) mass is 542 g/mol. The van der Waals surface area contributed by atoms with Crippen molar-refractivity contribution < 1.29 is 23.5 Å². The molecule has 0 saturated heterocycles. The highest BCUT2D eigenvalue weighted by Crippen LogP contribution is 2.62. The molecule has 0 radical (unpaired) electrons. The molecule has 4 atom stereocenters. The maximum Gasteiger partial charge on any atom is 0.338 e. The van der Waals surface area contributed by atoms with Crippen LogP contribution in [-0.2, 0) is 27.3 Å². The van der Waals surface area contributed by atoms with Crippen molar-refractivity contribution in [3.63, 3.8) is 0 Å². The second-order valence-corrected chi connectivity index (χ2v) is 11.5. The molecule has 2 saturated carbocycles. The summed E-state index contributed by atoms with van der Waals surface area (Å²) in [4.78, 5) is 25.2. The van der Waals surface area contributed by atoms with E-state index in [1.807, 2.05) is 18.2 Å². The highest BCUT2D eigenvalue weighted by atomic mass is 79.9. The first-order valence-electron chi connectivity index (χ1n) is 12.4. The highest BCUT2D eigenvalue weighted by Gasteiger charge is 2.57. The molecule has 188 valence electrons. The number of carbonyl (C=O) groups is 2. The summed E-state index contributed by atoms with van der Waals surface area (Å²) in [6, 6.07) is 9.06. The van der Waals surface area contributed by atoms with Gasteiger partial charge in [-0.05, 0) is 98.6 Å². The average molecular weight is 543 g/mol. The van der Waals surface area contributed by atoms with E-state index in [2.05, 4.69) is 36.4 Å². The predicted molar refractivity (Wildman–Crippen MR) is 138 cm³/mol. The third kappa shape index (κ3) is 5.00. The van der Waals surface area contributed by atoms with Crippen LogP contribution in [0.1, 0.15) is 74.1 Å². The first-order valence-corrected chi connectivity index (χ1v) is 13.2. The van der Waals surface area contributed by atoms with Gasteiger partial charge in [-0.2, -0.15) is 0 Å². The summed E-state index contributed by atoms with van der Waals surface area (Å²) in [5.41, 5.74) is 2.41. The lowest BCUT2D eigenvalue weighted by Gasteiger charge is -2.57. The van der Waals surface area contributed by atoms with Crippen molar-refractivity contribution in [1.29, 1.82) is 0 Å². The molecule has 0 N–H and O–H groups in total. The summed E-state index contributed by atoms with van der Waals surface area (Å²) in [5.74, 6) is 0.826. The first kappa shape index (κ1) is 25.7. The normalized spacial score (nSPS) is 28.3. The molecule has 2 aliphatic rings. The van der Waals surface area contributed by atoms with E-state index in [9.17, 15) is 9.59 Å². The summed E-state index contributed by atoms with van der Waals surface area (Å²) in [6.45, 7) is 9.00. The zero-order valence-corrected chi connectivity index (χ0v) is 22.5. The fourth-order valence-electron chi connectivity index (χ4n) is 6.78. The number of rotatable bonds is 7. The topological polar surface area (TPSA) is 65.7 Å². The summed E-state index contributed by atoms with van der Waals surface area (Å²) >= 11 is 3.37. The number of carbonyl (C=O) groups excluding carboxylic acids is 2. The van der Waals surface area contributed by atoms with Gasteiger partial charge >= 0.3 is 11.9 Å². The molecule has 2 aromatic rings. The molecule has 0 bridgehead atoms. The molecule has 4 rings (SSSR count). The molecule has 0 amide bonds. The lowest BCUT2D eigenvalue weighted by Crippen LogP contribution is -2.53. The number of halogens is 1. The van der Waals surface area contributed by atoms with E-state index in [-0.39, 0.29) is 29.9 Å². The van der Waals surface area contributed by atoms with E-state index < -0.39 is 5.41 Å². The molecular weight excluding hydrogens is 508 g/mol. The SMILES string of the molecule is C=C1CC[C@H]2[C@@](C)(CCC[C@@]2(C)C(=O)OC)[C@H]1CCc1ccoc1COC(=O)c1ccc(Br)cc1. The minimum atomic E-state index is -0.442. The van der Waals surface area contributed by atoms with E-state index >= 15 is 0 Å². The lowest BCUT2D eigenvalue weighted by atomic mass is 9.46. The van der Waals surface area contributed by atoms with Gasteiger partial charge in [0.2, 0.25) is 0 Å². The van der Waals surface area contributed by atoms with Gasteiger partial charge in [-0.3, -0.25) is 4.79 Å². The number of furan rings is 1. The molecule has 35 heavy (non-hydrogen) atoms. The number of fused-ring (bicyclic) bond motifs is 1. The largest absolute Gasteiger partial charge is 0.469 e. The Kier molecular flexibility index (Phi) is 7.60. The second kappa shape index (κ2) is 10.3. The minimum absolute atomic E-state index is 0.00840. The van der Waals surface area contributed by atoms with Gasteiger partial charge in [-0.1, -0.05) is 41.4 Å². The van der Waals surface area contributed by atoms with Crippen LogP contribution in [0.4, 0.5) is 0 Å². The number of esters is 2. The van der Waals surface area contributed by atoms with Gasteiger partial charge in [0, 0.05) is 4.47 Å². The Labute approximate surface area is 216 Å². The fourth-order valence-corrected chi connectivity index (χ4v) is 7.04. The van der Waals surface area contributed by atoms with Gasteiger partial charge in [0.15, 0.2) is 0 Å². The smallest absolute Gasteiger partial charge is 0.338 e. The van der Waals surface area contributed by atoms with Crippen LogP contribution in [0.2, 0.25) is 0 Å². The third-order valence-electron chi connectivity index (χ3n) is 8.63. The van der Waals surface area contributed by atoms with Gasteiger partial charge in [0.25, 0.3) is 0 Å². The molecule has 5 nitrogen and oxygen atoms in total. The van der Waals surface area contributed by atoms with Gasteiger partial charge in [0.1, 0.15) is 12.4 Å². The number of methoxy groups -OCH3 is 1. The maximum absolute atomic E-state index is 12.8. The summed E-state index contributed by atoms with van der Waals surface area (Å²) in [5, 5.41) is 0.